The standard InChI is InChI=1S/C17H15BrN2O4/c18-13-2-4-14(5-3-13)24-15-6-1-11(9-19-15)16(21)20-8-7-12(10-20)17(22)23/h1-6,9,12H,7-8,10H2,(H,22,23)/t12-/m1/s1. The van der Waals surface area contributed by atoms with Crippen LogP contribution in [0, 0.1) is 5.92 Å². The summed E-state index contributed by atoms with van der Waals surface area (Å²) in [5.41, 5.74) is 0.421. The number of hydrogen-bond acceptors (Lipinski definition) is 4. The molecule has 24 heavy (non-hydrogen) atoms. The van der Waals surface area contributed by atoms with Crippen molar-refractivity contribution in [3.05, 3.63) is 52.6 Å². The third-order valence-corrected chi connectivity index (χ3v) is 4.37. The van der Waals surface area contributed by atoms with E-state index in [0.717, 1.165) is 4.47 Å². The molecule has 7 heteroatoms. The Bertz CT molecular complexity index is 746. The van der Waals surface area contributed by atoms with Crippen molar-refractivity contribution in [2.75, 3.05) is 13.1 Å². The summed E-state index contributed by atoms with van der Waals surface area (Å²) in [6.45, 7) is 0.693. The van der Waals surface area contributed by atoms with E-state index in [1.165, 1.54) is 6.20 Å². The molecule has 3 rings (SSSR count). The molecule has 0 unspecified atom stereocenters. The molecular weight excluding hydrogens is 376 g/mol. The van der Waals surface area contributed by atoms with Crippen LogP contribution in [-0.4, -0.2) is 40.0 Å². The van der Waals surface area contributed by atoms with Crippen molar-refractivity contribution in [3.8, 4) is 11.6 Å². The third-order valence-electron chi connectivity index (χ3n) is 3.84. The third kappa shape index (κ3) is 3.73. The average molecular weight is 391 g/mol. The number of halogens is 1. The highest BCUT2D eigenvalue weighted by molar-refractivity contribution is 9.10. The van der Waals surface area contributed by atoms with E-state index in [9.17, 15) is 9.59 Å². The van der Waals surface area contributed by atoms with Gasteiger partial charge in [0.15, 0.2) is 0 Å². The molecule has 1 amide bonds. The number of ether oxygens (including phenoxy) is 1. The summed E-state index contributed by atoms with van der Waals surface area (Å²) in [6.07, 6.45) is 1.93. The molecule has 2 aromatic rings. The molecule has 1 aromatic heterocycles. The molecule has 0 spiro atoms. The topological polar surface area (TPSA) is 79.7 Å². The van der Waals surface area contributed by atoms with Crippen LogP contribution >= 0.6 is 15.9 Å². The number of amides is 1. The summed E-state index contributed by atoms with van der Waals surface area (Å²) in [6, 6.07) is 10.6. The lowest BCUT2D eigenvalue weighted by Gasteiger charge is -2.15. The first kappa shape index (κ1) is 16.4. The number of carbonyl (C=O) groups excluding carboxylic acids is 1. The highest BCUT2D eigenvalue weighted by Crippen LogP contribution is 2.23. The SMILES string of the molecule is O=C(O)[C@@H]1CCN(C(=O)c2ccc(Oc3ccc(Br)cc3)nc2)C1. The largest absolute Gasteiger partial charge is 0.481 e. The quantitative estimate of drug-likeness (QED) is 0.866. The summed E-state index contributed by atoms with van der Waals surface area (Å²) < 4.78 is 6.56. The molecule has 0 saturated carbocycles. The van der Waals surface area contributed by atoms with Gasteiger partial charge in [-0.05, 0) is 36.8 Å². The predicted octanol–water partition coefficient (Wildman–Crippen LogP) is 3.18. The van der Waals surface area contributed by atoms with Crippen LogP contribution < -0.4 is 4.74 Å². The van der Waals surface area contributed by atoms with E-state index >= 15 is 0 Å². The zero-order valence-electron chi connectivity index (χ0n) is 12.7. The monoisotopic (exact) mass is 390 g/mol. The minimum atomic E-state index is -0.860. The van der Waals surface area contributed by atoms with E-state index in [1.54, 1.807) is 29.2 Å². The van der Waals surface area contributed by atoms with E-state index < -0.39 is 11.9 Å². The van der Waals surface area contributed by atoms with Gasteiger partial charge in [0, 0.05) is 29.8 Å². The molecule has 1 aliphatic rings. The number of carboxylic acid groups (broad SMARTS) is 1. The Balaban J connectivity index is 1.65. The van der Waals surface area contributed by atoms with E-state index in [1.807, 2.05) is 12.1 Å². The number of likely N-dealkylation sites (tertiary alicyclic amines) is 1. The van der Waals surface area contributed by atoms with E-state index in [-0.39, 0.29) is 12.5 Å². The maximum Gasteiger partial charge on any atom is 0.308 e. The highest BCUT2D eigenvalue weighted by atomic mass is 79.9. The zero-order valence-corrected chi connectivity index (χ0v) is 14.3. The van der Waals surface area contributed by atoms with Crippen LogP contribution in [0.2, 0.25) is 0 Å². The Labute approximate surface area is 147 Å². The fourth-order valence-electron chi connectivity index (χ4n) is 2.52. The normalized spacial score (nSPS) is 16.9. The van der Waals surface area contributed by atoms with Crippen molar-refractivity contribution in [1.82, 2.24) is 9.88 Å². The Kier molecular flexibility index (Phi) is 4.80. The van der Waals surface area contributed by atoms with Gasteiger partial charge < -0.3 is 14.7 Å². The van der Waals surface area contributed by atoms with E-state index in [4.69, 9.17) is 9.84 Å². The molecule has 2 heterocycles. The molecule has 1 N–H and O–H groups in total. The van der Waals surface area contributed by atoms with Gasteiger partial charge in [0.25, 0.3) is 5.91 Å². The Hall–Kier alpha value is -2.41. The number of aromatic nitrogens is 1. The first-order chi connectivity index (χ1) is 11.5. The average Bonchev–Trinajstić information content (AvgIpc) is 3.07. The lowest BCUT2D eigenvalue weighted by molar-refractivity contribution is -0.141. The van der Waals surface area contributed by atoms with Crippen molar-refractivity contribution in [3.63, 3.8) is 0 Å². The first-order valence-corrected chi connectivity index (χ1v) is 8.24. The predicted molar refractivity (Wildman–Crippen MR) is 90.1 cm³/mol. The van der Waals surface area contributed by atoms with Gasteiger partial charge in [-0.1, -0.05) is 15.9 Å². The molecule has 0 bridgehead atoms. The number of nitrogens with zero attached hydrogens (tertiary/aromatic N) is 2. The van der Waals surface area contributed by atoms with Gasteiger partial charge in [-0.3, -0.25) is 9.59 Å². The van der Waals surface area contributed by atoms with Crippen molar-refractivity contribution in [2.45, 2.75) is 6.42 Å². The van der Waals surface area contributed by atoms with Crippen molar-refractivity contribution in [1.29, 1.82) is 0 Å². The molecule has 1 fully saturated rings. The first-order valence-electron chi connectivity index (χ1n) is 7.44. The smallest absolute Gasteiger partial charge is 0.308 e. The Morgan fingerprint density at radius 1 is 1.21 bits per heavy atom. The summed E-state index contributed by atoms with van der Waals surface area (Å²) in [7, 11) is 0. The van der Waals surface area contributed by atoms with Crippen molar-refractivity contribution in [2.24, 2.45) is 5.92 Å². The molecule has 124 valence electrons. The number of benzene rings is 1. The van der Waals surface area contributed by atoms with Gasteiger partial charge >= 0.3 is 5.97 Å². The van der Waals surface area contributed by atoms with Crippen molar-refractivity contribution < 1.29 is 19.4 Å². The van der Waals surface area contributed by atoms with Gasteiger partial charge in [-0.15, -0.1) is 0 Å². The minimum Gasteiger partial charge on any atom is -0.481 e. The van der Waals surface area contributed by atoms with Crippen LogP contribution in [0.3, 0.4) is 0 Å². The van der Waals surface area contributed by atoms with E-state index in [0.29, 0.717) is 30.2 Å². The summed E-state index contributed by atoms with van der Waals surface area (Å²) >= 11 is 3.35. The van der Waals surface area contributed by atoms with E-state index in [2.05, 4.69) is 20.9 Å². The fraction of sp³-hybridized carbons (Fsp3) is 0.235. The fourth-order valence-corrected chi connectivity index (χ4v) is 2.78. The number of rotatable bonds is 4. The second-order valence-corrected chi connectivity index (χ2v) is 6.43. The van der Waals surface area contributed by atoms with Crippen molar-refractivity contribution >= 4 is 27.8 Å². The van der Waals surface area contributed by atoms with Gasteiger partial charge in [-0.2, -0.15) is 0 Å². The summed E-state index contributed by atoms with van der Waals surface area (Å²) in [4.78, 5) is 29.0. The van der Waals surface area contributed by atoms with Gasteiger partial charge in [0.1, 0.15) is 5.75 Å². The van der Waals surface area contributed by atoms with Crippen LogP contribution in [0.5, 0.6) is 11.6 Å². The number of pyridine rings is 1. The summed E-state index contributed by atoms with van der Waals surface area (Å²) in [5.74, 6) is -0.516. The molecule has 6 nitrogen and oxygen atoms in total. The Morgan fingerprint density at radius 2 is 1.96 bits per heavy atom. The van der Waals surface area contributed by atoms with Crippen LogP contribution in [0.25, 0.3) is 0 Å². The maximum absolute atomic E-state index is 12.4. The second-order valence-electron chi connectivity index (χ2n) is 5.52. The molecular formula is C17H15BrN2O4. The van der Waals surface area contributed by atoms with Crippen LogP contribution in [0.1, 0.15) is 16.8 Å². The molecule has 1 aliphatic heterocycles. The zero-order chi connectivity index (χ0) is 17.1. The lowest BCUT2D eigenvalue weighted by atomic mass is 10.1. The lowest BCUT2D eigenvalue weighted by Crippen LogP contribution is -2.30. The second kappa shape index (κ2) is 7.00. The highest BCUT2D eigenvalue weighted by Gasteiger charge is 2.31. The number of aliphatic carboxylic acids is 1. The number of carboxylic acids is 1. The molecule has 1 aromatic carbocycles. The van der Waals surface area contributed by atoms with Gasteiger partial charge in [-0.25, -0.2) is 4.98 Å². The van der Waals surface area contributed by atoms with Crippen LogP contribution in [0.4, 0.5) is 0 Å². The Morgan fingerprint density at radius 3 is 2.54 bits per heavy atom. The molecule has 0 aliphatic carbocycles. The molecule has 1 atom stereocenters. The maximum atomic E-state index is 12.4. The molecule has 0 radical (unpaired) electrons. The minimum absolute atomic E-state index is 0.207. The molecule has 1 saturated heterocycles. The van der Waals surface area contributed by atoms with Crippen LogP contribution in [-0.2, 0) is 4.79 Å². The summed E-state index contributed by atoms with van der Waals surface area (Å²) in [5, 5.41) is 9.01. The number of hydrogen-bond donors (Lipinski definition) is 1. The van der Waals surface area contributed by atoms with Gasteiger partial charge in [0.05, 0.1) is 11.5 Å². The van der Waals surface area contributed by atoms with Gasteiger partial charge in [0.2, 0.25) is 5.88 Å². The van der Waals surface area contributed by atoms with Crippen LogP contribution in [0.15, 0.2) is 47.1 Å². The number of carbonyl (C=O) groups is 2.